The van der Waals surface area contributed by atoms with Crippen LogP contribution in [0.4, 0.5) is 0 Å². The van der Waals surface area contributed by atoms with Crippen molar-refractivity contribution >= 4 is 26.0 Å². The van der Waals surface area contributed by atoms with Gasteiger partial charge in [0, 0.05) is 4.47 Å². The van der Waals surface area contributed by atoms with Gasteiger partial charge in [-0.3, -0.25) is 0 Å². The summed E-state index contributed by atoms with van der Waals surface area (Å²) in [6.07, 6.45) is 0. The van der Waals surface area contributed by atoms with E-state index in [0.29, 0.717) is 0 Å². The van der Waals surface area contributed by atoms with Crippen LogP contribution in [0.1, 0.15) is 0 Å². The van der Waals surface area contributed by atoms with E-state index in [-0.39, 0.29) is 4.90 Å². The van der Waals surface area contributed by atoms with Crippen LogP contribution >= 0.6 is 15.9 Å². The lowest BCUT2D eigenvalue weighted by Gasteiger charge is -2.03. The van der Waals surface area contributed by atoms with Crippen molar-refractivity contribution in [1.82, 2.24) is 5.14 Å². The summed E-state index contributed by atoms with van der Waals surface area (Å²) in [4.78, 5) is 0.0124. The first-order valence-corrected chi connectivity index (χ1v) is 7.10. The lowest BCUT2D eigenvalue weighted by atomic mass is 10.1. The van der Waals surface area contributed by atoms with Crippen LogP contribution in [0.3, 0.4) is 0 Å². The molecular formula is C12H9BrNO2S. The molecule has 0 unspecified atom stereocenters. The molecule has 0 aliphatic rings. The molecule has 0 saturated carbocycles. The highest BCUT2D eigenvalue weighted by molar-refractivity contribution is 9.10. The van der Waals surface area contributed by atoms with Gasteiger partial charge in [-0.2, -0.15) is 0 Å². The second-order valence-corrected chi connectivity index (χ2v) is 5.93. The third kappa shape index (κ3) is 2.94. The standard InChI is InChI=1S/C12H9BrNO2S/c13-11-5-1-9(2-6-11)10-3-7-12(8-4-10)17(14,15)16/h1-8,14H. The normalized spacial score (nSPS) is 11.4. The average Bonchev–Trinajstić information content (AvgIpc) is 2.29. The first-order valence-electron chi connectivity index (χ1n) is 4.82. The Hall–Kier alpha value is -1.17. The molecule has 1 N–H and O–H groups in total. The quantitative estimate of drug-likeness (QED) is 0.855. The fourth-order valence-electron chi connectivity index (χ4n) is 1.47. The summed E-state index contributed by atoms with van der Waals surface area (Å²) in [6, 6.07) is 14.0. The highest BCUT2D eigenvalue weighted by Crippen LogP contribution is 2.22. The Morgan fingerprint density at radius 2 is 1.24 bits per heavy atom. The van der Waals surface area contributed by atoms with Gasteiger partial charge in [0.2, 0.25) is 0 Å². The van der Waals surface area contributed by atoms with E-state index in [1.54, 1.807) is 12.1 Å². The maximum atomic E-state index is 11.0. The van der Waals surface area contributed by atoms with Gasteiger partial charge in [0.1, 0.15) is 0 Å². The highest BCUT2D eigenvalue weighted by Gasteiger charge is 2.08. The summed E-state index contributed by atoms with van der Waals surface area (Å²) in [7, 11) is -3.87. The Bertz CT molecular complexity index is 619. The van der Waals surface area contributed by atoms with Crippen molar-refractivity contribution in [3.8, 4) is 11.1 Å². The predicted octanol–water partition coefficient (Wildman–Crippen LogP) is 3.09. The van der Waals surface area contributed by atoms with Crippen LogP contribution < -0.4 is 5.14 Å². The van der Waals surface area contributed by atoms with Crippen LogP contribution in [-0.2, 0) is 10.0 Å². The summed E-state index contributed by atoms with van der Waals surface area (Å²) < 4.78 is 23.0. The van der Waals surface area contributed by atoms with Gasteiger partial charge in [0.25, 0.3) is 10.0 Å². The molecule has 17 heavy (non-hydrogen) atoms. The number of hydrogen-bond donors (Lipinski definition) is 0. The minimum Gasteiger partial charge on any atom is -0.206 e. The molecule has 0 aliphatic carbocycles. The maximum Gasteiger partial charge on any atom is 0.254 e. The molecule has 1 radical (unpaired) electrons. The zero-order chi connectivity index (χ0) is 12.5. The molecule has 0 spiro atoms. The molecular weight excluding hydrogens is 302 g/mol. The first kappa shape index (κ1) is 12.3. The van der Waals surface area contributed by atoms with Crippen molar-refractivity contribution < 1.29 is 8.42 Å². The van der Waals surface area contributed by atoms with E-state index < -0.39 is 10.0 Å². The van der Waals surface area contributed by atoms with Crippen LogP contribution in [0.5, 0.6) is 0 Å². The van der Waals surface area contributed by atoms with Crippen molar-refractivity contribution in [3.63, 3.8) is 0 Å². The van der Waals surface area contributed by atoms with E-state index in [1.165, 1.54) is 12.1 Å². The fraction of sp³-hybridized carbons (Fsp3) is 0. The maximum absolute atomic E-state index is 11.0. The molecule has 0 aliphatic heterocycles. The topological polar surface area (TPSA) is 57.9 Å². The van der Waals surface area contributed by atoms with Crippen molar-refractivity contribution in [3.05, 3.63) is 53.0 Å². The van der Waals surface area contributed by atoms with Gasteiger partial charge in [0.05, 0.1) is 4.90 Å². The molecule has 0 heterocycles. The smallest absolute Gasteiger partial charge is 0.206 e. The third-order valence-corrected chi connectivity index (χ3v) is 3.76. The SMILES string of the molecule is [NH]S(=O)(=O)c1ccc(-c2ccc(Br)cc2)cc1. The van der Waals surface area contributed by atoms with E-state index >= 15 is 0 Å². The Labute approximate surface area is 108 Å². The van der Waals surface area contributed by atoms with Crippen LogP contribution in [0.15, 0.2) is 57.9 Å². The number of nitrogens with one attached hydrogen (secondary N) is 1. The molecule has 2 rings (SSSR count). The largest absolute Gasteiger partial charge is 0.254 e. The molecule has 0 atom stereocenters. The van der Waals surface area contributed by atoms with Crippen LogP contribution in [0.25, 0.3) is 11.1 Å². The van der Waals surface area contributed by atoms with E-state index in [9.17, 15) is 8.42 Å². The molecule has 3 nitrogen and oxygen atoms in total. The molecule has 5 heteroatoms. The minimum absolute atomic E-state index is 0.0124. The van der Waals surface area contributed by atoms with Crippen molar-refractivity contribution in [2.24, 2.45) is 0 Å². The van der Waals surface area contributed by atoms with E-state index in [2.05, 4.69) is 15.9 Å². The molecule has 0 amide bonds. The molecule has 87 valence electrons. The van der Waals surface area contributed by atoms with Gasteiger partial charge < -0.3 is 0 Å². The van der Waals surface area contributed by atoms with Crippen molar-refractivity contribution in [1.29, 1.82) is 0 Å². The van der Waals surface area contributed by atoms with Crippen molar-refractivity contribution in [2.75, 3.05) is 0 Å². The van der Waals surface area contributed by atoms with Crippen molar-refractivity contribution in [2.45, 2.75) is 4.90 Å². The van der Waals surface area contributed by atoms with Gasteiger partial charge in [-0.15, -0.1) is 5.14 Å². The summed E-state index contributed by atoms with van der Waals surface area (Å²) in [5.74, 6) is 0. The number of hydrogen-bond acceptors (Lipinski definition) is 2. The summed E-state index contributed by atoms with van der Waals surface area (Å²) in [6.45, 7) is 0. The predicted molar refractivity (Wildman–Crippen MR) is 69.9 cm³/mol. The average molecular weight is 311 g/mol. The lowest BCUT2D eigenvalue weighted by molar-refractivity contribution is 0.596. The van der Waals surface area contributed by atoms with Gasteiger partial charge in [-0.25, -0.2) is 8.42 Å². The molecule has 2 aromatic rings. The summed E-state index contributed by atoms with van der Waals surface area (Å²) in [5.41, 5.74) is 1.92. The number of rotatable bonds is 2. The van der Waals surface area contributed by atoms with Gasteiger partial charge >= 0.3 is 0 Å². The Kier molecular flexibility index (Phi) is 3.33. The first-order chi connectivity index (χ1) is 7.97. The molecule has 2 aromatic carbocycles. The minimum atomic E-state index is -3.87. The van der Waals surface area contributed by atoms with Crippen LogP contribution in [0.2, 0.25) is 0 Å². The highest BCUT2D eigenvalue weighted by atomic mass is 79.9. The van der Waals surface area contributed by atoms with E-state index in [0.717, 1.165) is 15.6 Å². The number of halogens is 1. The van der Waals surface area contributed by atoms with Crippen LogP contribution in [-0.4, -0.2) is 8.42 Å². The second-order valence-electron chi connectivity index (χ2n) is 3.53. The summed E-state index contributed by atoms with van der Waals surface area (Å²) >= 11 is 3.35. The van der Waals surface area contributed by atoms with Gasteiger partial charge in [0.15, 0.2) is 0 Å². The van der Waals surface area contributed by atoms with Gasteiger partial charge in [-0.1, -0.05) is 40.2 Å². The second kappa shape index (κ2) is 4.60. The van der Waals surface area contributed by atoms with E-state index in [1.807, 2.05) is 24.3 Å². The van der Waals surface area contributed by atoms with Crippen LogP contribution in [0, 0.1) is 0 Å². The Morgan fingerprint density at radius 3 is 1.65 bits per heavy atom. The molecule has 0 aromatic heterocycles. The molecule has 0 saturated heterocycles. The lowest BCUT2D eigenvalue weighted by Crippen LogP contribution is -1.99. The monoisotopic (exact) mass is 310 g/mol. The Morgan fingerprint density at radius 1 is 0.824 bits per heavy atom. The number of benzene rings is 2. The Balaban J connectivity index is 2.39. The van der Waals surface area contributed by atoms with E-state index in [4.69, 9.17) is 5.14 Å². The number of sulfonamides is 1. The van der Waals surface area contributed by atoms with Gasteiger partial charge in [-0.05, 0) is 35.4 Å². The summed E-state index contributed by atoms with van der Waals surface area (Å²) in [5, 5.41) is 6.94. The molecule has 0 fully saturated rings. The molecule has 0 bridgehead atoms. The fourth-order valence-corrected chi connectivity index (χ4v) is 2.23. The zero-order valence-electron chi connectivity index (χ0n) is 8.72. The third-order valence-electron chi connectivity index (χ3n) is 2.34. The zero-order valence-corrected chi connectivity index (χ0v) is 11.1.